The van der Waals surface area contributed by atoms with Crippen LogP contribution in [0.5, 0.6) is 11.6 Å². The molecule has 1 aromatic carbocycles. The van der Waals surface area contributed by atoms with Crippen LogP contribution in [0.3, 0.4) is 0 Å². The molecule has 0 fully saturated rings. The Morgan fingerprint density at radius 2 is 1.94 bits per heavy atom. The summed E-state index contributed by atoms with van der Waals surface area (Å²) in [5, 5.41) is 0. The molecule has 2 aromatic rings. The molecule has 0 unspecified atom stereocenters. The Hall–Kier alpha value is -1.69. The van der Waals surface area contributed by atoms with Gasteiger partial charge in [0.15, 0.2) is 11.6 Å². The van der Waals surface area contributed by atoms with Crippen LogP contribution in [0.25, 0.3) is 0 Å². The maximum atomic E-state index is 13.4. The summed E-state index contributed by atoms with van der Waals surface area (Å²) in [7, 11) is 0. The Morgan fingerprint density at radius 3 is 2.59 bits per heavy atom. The van der Waals surface area contributed by atoms with E-state index in [2.05, 4.69) is 20.9 Å². The zero-order valence-corrected chi connectivity index (χ0v) is 10.0. The first kappa shape index (κ1) is 11.8. The third-order valence-electron chi connectivity index (χ3n) is 1.97. The Balaban J connectivity index is 2.30. The van der Waals surface area contributed by atoms with Crippen LogP contribution in [-0.4, -0.2) is 4.98 Å². The van der Waals surface area contributed by atoms with E-state index in [-0.39, 0.29) is 17.3 Å². The van der Waals surface area contributed by atoms with Gasteiger partial charge in [-0.25, -0.2) is 13.8 Å². The molecule has 0 radical (unpaired) electrons. The number of pyridine rings is 1. The average Bonchev–Trinajstić information content (AvgIpc) is 2.29. The normalized spacial score (nSPS) is 10.3. The van der Waals surface area contributed by atoms with Crippen molar-refractivity contribution in [2.24, 2.45) is 0 Å². The van der Waals surface area contributed by atoms with Gasteiger partial charge in [-0.3, -0.25) is 0 Å². The van der Waals surface area contributed by atoms with E-state index in [1.54, 1.807) is 6.07 Å². The summed E-state index contributed by atoms with van der Waals surface area (Å²) in [5.74, 6) is -1.57. The van der Waals surface area contributed by atoms with Gasteiger partial charge in [-0.1, -0.05) is 0 Å². The number of halogens is 3. The smallest absolute Gasteiger partial charge is 0.219 e. The third-order valence-corrected chi connectivity index (χ3v) is 2.44. The minimum Gasteiger partial charge on any atom is -0.436 e. The van der Waals surface area contributed by atoms with Crippen LogP contribution in [0, 0.1) is 11.6 Å². The Kier molecular flexibility index (Phi) is 3.23. The van der Waals surface area contributed by atoms with Gasteiger partial charge in [-0.15, -0.1) is 0 Å². The van der Waals surface area contributed by atoms with E-state index in [0.29, 0.717) is 0 Å². The van der Waals surface area contributed by atoms with Crippen molar-refractivity contribution in [3.05, 3.63) is 46.6 Å². The largest absolute Gasteiger partial charge is 0.436 e. The van der Waals surface area contributed by atoms with Crippen molar-refractivity contribution in [1.82, 2.24) is 4.98 Å². The van der Waals surface area contributed by atoms with Crippen LogP contribution in [0.15, 0.2) is 34.9 Å². The van der Waals surface area contributed by atoms with Gasteiger partial charge in [0, 0.05) is 28.9 Å². The second-order valence-electron chi connectivity index (χ2n) is 3.22. The highest BCUT2D eigenvalue weighted by Gasteiger charge is 2.10. The van der Waals surface area contributed by atoms with E-state index < -0.39 is 11.6 Å². The molecule has 0 aliphatic carbocycles. The molecule has 0 bridgehead atoms. The minimum absolute atomic E-state index is 0.163. The molecule has 0 atom stereocenters. The quantitative estimate of drug-likeness (QED) is 0.864. The number of nitrogens with zero attached hydrogens (tertiary/aromatic N) is 1. The van der Waals surface area contributed by atoms with Crippen LogP contribution in [0.2, 0.25) is 0 Å². The van der Waals surface area contributed by atoms with E-state index in [1.807, 2.05) is 0 Å². The molecular formula is C11H7BrF2N2O. The first-order chi connectivity index (χ1) is 8.06. The van der Waals surface area contributed by atoms with E-state index in [0.717, 1.165) is 16.6 Å². The van der Waals surface area contributed by atoms with Crippen LogP contribution in [0.1, 0.15) is 0 Å². The van der Waals surface area contributed by atoms with E-state index >= 15 is 0 Å². The molecule has 1 aromatic heterocycles. The van der Waals surface area contributed by atoms with Gasteiger partial charge in [0.1, 0.15) is 5.82 Å². The standard InChI is InChI=1S/C11H7BrF2N2O/c12-6-1-2-11(16-5-6)17-10-4-7(13)9(15)3-8(10)14/h1-5H,15H2. The SMILES string of the molecule is Nc1cc(F)c(Oc2ccc(Br)cn2)cc1F. The first-order valence-corrected chi connectivity index (χ1v) is 5.39. The van der Waals surface area contributed by atoms with Crippen LogP contribution in [0.4, 0.5) is 14.5 Å². The number of hydrogen-bond donors (Lipinski definition) is 1. The lowest BCUT2D eigenvalue weighted by atomic mass is 10.3. The van der Waals surface area contributed by atoms with Gasteiger partial charge in [0.2, 0.25) is 5.88 Å². The predicted octanol–water partition coefficient (Wildman–Crippen LogP) is 3.50. The van der Waals surface area contributed by atoms with E-state index in [1.165, 1.54) is 12.3 Å². The molecule has 2 rings (SSSR count). The van der Waals surface area contributed by atoms with Gasteiger partial charge in [0.25, 0.3) is 0 Å². The molecule has 2 N–H and O–H groups in total. The van der Waals surface area contributed by atoms with Gasteiger partial charge in [-0.2, -0.15) is 0 Å². The van der Waals surface area contributed by atoms with Crippen LogP contribution < -0.4 is 10.5 Å². The van der Waals surface area contributed by atoms with Crippen molar-refractivity contribution in [1.29, 1.82) is 0 Å². The number of anilines is 1. The highest BCUT2D eigenvalue weighted by molar-refractivity contribution is 9.10. The Bertz CT molecular complexity index is 546. The van der Waals surface area contributed by atoms with Crippen LogP contribution >= 0.6 is 15.9 Å². The van der Waals surface area contributed by atoms with Gasteiger partial charge >= 0.3 is 0 Å². The number of ether oxygens (including phenoxy) is 1. The Morgan fingerprint density at radius 1 is 1.18 bits per heavy atom. The zero-order chi connectivity index (χ0) is 12.4. The maximum Gasteiger partial charge on any atom is 0.219 e. The minimum atomic E-state index is -0.742. The van der Waals surface area contributed by atoms with Crippen molar-refractivity contribution < 1.29 is 13.5 Å². The summed E-state index contributed by atoms with van der Waals surface area (Å²) in [5.41, 5.74) is 4.95. The average molecular weight is 301 g/mol. The second-order valence-corrected chi connectivity index (χ2v) is 4.14. The second kappa shape index (κ2) is 4.67. The maximum absolute atomic E-state index is 13.4. The number of hydrogen-bond acceptors (Lipinski definition) is 3. The number of nitrogens with two attached hydrogens (primary N) is 1. The van der Waals surface area contributed by atoms with Crippen molar-refractivity contribution >= 4 is 21.6 Å². The molecule has 0 aliphatic rings. The van der Waals surface area contributed by atoms with E-state index in [9.17, 15) is 8.78 Å². The third kappa shape index (κ3) is 2.71. The predicted molar refractivity (Wildman–Crippen MR) is 62.8 cm³/mol. The fourth-order valence-corrected chi connectivity index (χ4v) is 1.39. The molecule has 88 valence electrons. The van der Waals surface area contributed by atoms with Crippen molar-refractivity contribution in [2.45, 2.75) is 0 Å². The number of nitrogen functional groups attached to an aromatic ring is 1. The van der Waals surface area contributed by atoms with Gasteiger partial charge in [-0.05, 0) is 22.0 Å². The summed E-state index contributed by atoms with van der Waals surface area (Å²) >= 11 is 3.20. The molecule has 3 nitrogen and oxygen atoms in total. The number of rotatable bonds is 2. The highest BCUT2D eigenvalue weighted by Crippen LogP contribution is 2.27. The van der Waals surface area contributed by atoms with Crippen molar-refractivity contribution in [3.8, 4) is 11.6 Å². The summed E-state index contributed by atoms with van der Waals surface area (Å²) in [6.45, 7) is 0. The molecule has 0 saturated heterocycles. The first-order valence-electron chi connectivity index (χ1n) is 4.60. The Labute approximate surface area is 104 Å². The van der Waals surface area contributed by atoms with Crippen molar-refractivity contribution in [2.75, 3.05) is 5.73 Å². The molecule has 1 heterocycles. The summed E-state index contributed by atoms with van der Waals surface area (Å²) in [6.07, 6.45) is 1.49. The summed E-state index contributed by atoms with van der Waals surface area (Å²) < 4.78 is 32.4. The molecule has 6 heteroatoms. The molecular weight excluding hydrogens is 294 g/mol. The molecule has 0 aliphatic heterocycles. The molecule has 17 heavy (non-hydrogen) atoms. The number of aromatic nitrogens is 1. The fourth-order valence-electron chi connectivity index (χ4n) is 1.16. The molecule has 0 spiro atoms. The number of benzene rings is 1. The monoisotopic (exact) mass is 300 g/mol. The lowest BCUT2D eigenvalue weighted by Crippen LogP contribution is -1.96. The zero-order valence-electron chi connectivity index (χ0n) is 8.45. The fraction of sp³-hybridized carbons (Fsp3) is 0. The van der Waals surface area contributed by atoms with Crippen molar-refractivity contribution in [3.63, 3.8) is 0 Å². The lowest BCUT2D eigenvalue weighted by molar-refractivity contribution is 0.423. The summed E-state index contributed by atoms with van der Waals surface area (Å²) in [6, 6.07) is 4.95. The van der Waals surface area contributed by atoms with Gasteiger partial charge in [0.05, 0.1) is 5.69 Å². The van der Waals surface area contributed by atoms with E-state index in [4.69, 9.17) is 10.5 Å². The highest BCUT2D eigenvalue weighted by atomic mass is 79.9. The molecule has 0 saturated carbocycles. The summed E-state index contributed by atoms with van der Waals surface area (Å²) in [4.78, 5) is 3.88. The molecule has 0 amide bonds. The topological polar surface area (TPSA) is 48.1 Å². The lowest BCUT2D eigenvalue weighted by Gasteiger charge is -2.07. The van der Waals surface area contributed by atoms with Gasteiger partial charge < -0.3 is 10.5 Å². The van der Waals surface area contributed by atoms with Crippen LogP contribution in [-0.2, 0) is 0 Å².